The summed E-state index contributed by atoms with van der Waals surface area (Å²) < 4.78 is 0. The molecule has 0 spiro atoms. The van der Waals surface area contributed by atoms with E-state index in [4.69, 9.17) is 16.4 Å². The fourth-order valence-electron chi connectivity index (χ4n) is 3.71. The first-order valence-corrected chi connectivity index (χ1v) is 10.2. The number of rotatable bonds is 5. The summed E-state index contributed by atoms with van der Waals surface area (Å²) in [7, 11) is 3.62. The van der Waals surface area contributed by atoms with E-state index in [9.17, 15) is 4.79 Å². The largest absolute Gasteiger partial charge is 0.342 e. The number of carbonyl (C=O) groups excluding carboxylic acids is 1. The molecule has 0 saturated carbocycles. The molecule has 8 heteroatoms. The van der Waals surface area contributed by atoms with E-state index >= 15 is 0 Å². The Bertz CT molecular complexity index is 840. The quantitative estimate of drug-likeness (QED) is 0.748. The second kappa shape index (κ2) is 9.52. The number of hydrogen-bond donors (Lipinski definition) is 1. The molecule has 29 heavy (non-hydrogen) atoms. The monoisotopic (exact) mass is 417 g/mol. The van der Waals surface area contributed by atoms with Crippen LogP contribution >= 0.6 is 11.6 Å². The molecule has 1 fully saturated rings. The van der Waals surface area contributed by atoms with Gasteiger partial charge in [-0.15, -0.1) is 0 Å². The molecule has 0 radical (unpaired) electrons. The predicted molar refractivity (Wildman–Crippen MR) is 114 cm³/mol. The Morgan fingerprint density at radius 2 is 2.07 bits per heavy atom. The Morgan fingerprint density at radius 1 is 1.34 bits per heavy atom. The topological polar surface area (TPSA) is 70.6 Å². The molecule has 1 saturated heterocycles. The van der Waals surface area contributed by atoms with Crippen molar-refractivity contribution < 1.29 is 9.63 Å². The van der Waals surface area contributed by atoms with E-state index in [1.165, 1.54) is 12.2 Å². The summed E-state index contributed by atoms with van der Waals surface area (Å²) in [6, 6.07) is 3.44. The third kappa shape index (κ3) is 4.86. The van der Waals surface area contributed by atoms with Crippen LogP contribution in [0, 0.1) is 6.92 Å². The highest BCUT2D eigenvalue weighted by atomic mass is 35.5. The van der Waals surface area contributed by atoms with Crippen LogP contribution in [0.25, 0.3) is 11.3 Å². The van der Waals surface area contributed by atoms with Crippen molar-refractivity contribution in [2.24, 2.45) is 0 Å². The van der Waals surface area contributed by atoms with Crippen molar-refractivity contribution in [3.63, 3.8) is 0 Å². The van der Waals surface area contributed by atoms with Gasteiger partial charge in [-0.1, -0.05) is 23.7 Å². The van der Waals surface area contributed by atoms with Crippen LogP contribution < -0.4 is 5.32 Å². The molecule has 0 bridgehead atoms. The van der Waals surface area contributed by atoms with Crippen LogP contribution in [0.4, 0.5) is 4.79 Å². The molecular formula is C21H28ClN5O2. The molecule has 156 valence electrons. The van der Waals surface area contributed by atoms with Crippen molar-refractivity contribution >= 4 is 17.6 Å². The summed E-state index contributed by atoms with van der Waals surface area (Å²) in [5.74, 6) is 0. The molecular weight excluding hydrogens is 390 g/mol. The number of amides is 2. The maximum absolute atomic E-state index is 12.8. The number of aromatic nitrogens is 2. The molecule has 1 N–H and O–H groups in total. The van der Waals surface area contributed by atoms with Gasteiger partial charge in [-0.05, 0) is 58.0 Å². The molecule has 1 aromatic heterocycles. The number of nitrogens with one attached hydrogen (secondary N) is 1. The smallest absolute Gasteiger partial charge is 0.330 e. The predicted octanol–water partition coefficient (Wildman–Crippen LogP) is 3.83. The van der Waals surface area contributed by atoms with Crippen molar-refractivity contribution in [3.8, 4) is 11.3 Å². The molecule has 1 aliphatic rings. The van der Waals surface area contributed by atoms with E-state index in [0.29, 0.717) is 5.02 Å². The van der Waals surface area contributed by atoms with Crippen molar-refractivity contribution in [2.75, 3.05) is 27.2 Å². The first-order chi connectivity index (χ1) is 13.9. The molecule has 2 heterocycles. The van der Waals surface area contributed by atoms with Crippen LogP contribution in [0.15, 0.2) is 30.7 Å². The molecule has 1 atom stereocenters. The highest BCUT2D eigenvalue weighted by Crippen LogP contribution is 2.33. The molecule has 1 aliphatic heterocycles. The number of halogens is 1. The Labute approximate surface area is 177 Å². The van der Waals surface area contributed by atoms with Crippen molar-refractivity contribution in [3.05, 3.63) is 46.9 Å². The third-order valence-corrected chi connectivity index (χ3v) is 5.98. The summed E-state index contributed by atoms with van der Waals surface area (Å²) in [5.41, 5.74) is 3.45. The lowest BCUT2D eigenvalue weighted by molar-refractivity contribution is -0.127. The van der Waals surface area contributed by atoms with E-state index in [-0.39, 0.29) is 18.1 Å². The minimum atomic E-state index is -0.270. The standard InChI is InChI=1S/C21H28ClN5O2/c1-14-17(19-13-23-9-10-24-19)5-6-18(20(14)22)15(2)25-21(28)27(29-4)16-7-11-26(3)12-8-16/h5-6,9-10,13,15-16H,7-8,11-12H2,1-4H3,(H,25,28). The van der Waals surface area contributed by atoms with Gasteiger partial charge in [0.15, 0.2) is 0 Å². The van der Waals surface area contributed by atoms with Crippen LogP contribution in [-0.2, 0) is 4.84 Å². The summed E-state index contributed by atoms with van der Waals surface area (Å²) in [4.78, 5) is 29.0. The average Bonchev–Trinajstić information content (AvgIpc) is 2.72. The zero-order valence-electron chi connectivity index (χ0n) is 17.4. The van der Waals surface area contributed by atoms with Gasteiger partial charge < -0.3 is 10.2 Å². The number of likely N-dealkylation sites (tertiary alicyclic amines) is 1. The summed E-state index contributed by atoms with van der Waals surface area (Å²) >= 11 is 6.65. The second-order valence-corrected chi connectivity index (χ2v) is 7.82. The lowest BCUT2D eigenvalue weighted by Crippen LogP contribution is -2.50. The van der Waals surface area contributed by atoms with Crippen LogP contribution in [0.2, 0.25) is 5.02 Å². The van der Waals surface area contributed by atoms with Crippen molar-refractivity contribution in [2.45, 2.75) is 38.8 Å². The molecule has 1 unspecified atom stereocenters. The molecule has 3 rings (SSSR count). The third-order valence-electron chi connectivity index (χ3n) is 5.48. The Balaban J connectivity index is 1.73. The van der Waals surface area contributed by atoms with E-state index in [2.05, 4.69) is 27.2 Å². The first-order valence-electron chi connectivity index (χ1n) is 9.80. The van der Waals surface area contributed by atoms with Gasteiger partial charge >= 0.3 is 6.03 Å². The lowest BCUT2D eigenvalue weighted by atomic mass is 9.99. The molecule has 1 aromatic carbocycles. The highest BCUT2D eigenvalue weighted by molar-refractivity contribution is 6.32. The van der Waals surface area contributed by atoms with E-state index in [0.717, 1.165) is 48.3 Å². The van der Waals surface area contributed by atoms with Gasteiger partial charge in [0.1, 0.15) is 0 Å². The van der Waals surface area contributed by atoms with Gasteiger partial charge in [0.2, 0.25) is 0 Å². The van der Waals surface area contributed by atoms with Gasteiger partial charge in [0, 0.05) is 23.0 Å². The molecule has 2 amide bonds. The lowest BCUT2D eigenvalue weighted by Gasteiger charge is -2.36. The number of piperidine rings is 1. The van der Waals surface area contributed by atoms with Crippen LogP contribution in [0.1, 0.15) is 36.9 Å². The Hall–Kier alpha value is -2.22. The van der Waals surface area contributed by atoms with Gasteiger partial charge in [0.25, 0.3) is 0 Å². The second-order valence-electron chi connectivity index (χ2n) is 7.45. The van der Waals surface area contributed by atoms with Crippen molar-refractivity contribution in [1.29, 1.82) is 0 Å². The van der Waals surface area contributed by atoms with Gasteiger partial charge in [-0.2, -0.15) is 0 Å². The van der Waals surface area contributed by atoms with Crippen LogP contribution in [0.5, 0.6) is 0 Å². The number of carbonyl (C=O) groups is 1. The minimum absolute atomic E-state index is 0.0691. The summed E-state index contributed by atoms with van der Waals surface area (Å²) in [5, 5.41) is 5.09. The zero-order chi connectivity index (χ0) is 21.0. The Morgan fingerprint density at radius 3 is 2.69 bits per heavy atom. The van der Waals surface area contributed by atoms with Gasteiger partial charge in [-0.25, -0.2) is 9.86 Å². The van der Waals surface area contributed by atoms with Gasteiger partial charge in [0.05, 0.1) is 31.1 Å². The first kappa shape index (κ1) is 21.5. The number of benzene rings is 1. The normalized spacial score (nSPS) is 16.4. The summed E-state index contributed by atoms with van der Waals surface area (Å²) in [6.07, 6.45) is 6.78. The number of nitrogens with zero attached hydrogens (tertiary/aromatic N) is 4. The number of hydrogen-bond acceptors (Lipinski definition) is 5. The zero-order valence-corrected chi connectivity index (χ0v) is 18.1. The Kier molecular flexibility index (Phi) is 7.05. The molecule has 2 aromatic rings. The average molecular weight is 418 g/mol. The van der Waals surface area contributed by atoms with Crippen molar-refractivity contribution in [1.82, 2.24) is 25.2 Å². The minimum Gasteiger partial charge on any atom is -0.330 e. The number of urea groups is 1. The van der Waals surface area contributed by atoms with E-state index < -0.39 is 0 Å². The molecule has 7 nitrogen and oxygen atoms in total. The van der Waals surface area contributed by atoms with E-state index in [1.807, 2.05) is 26.0 Å². The maximum Gasteiger partial charge on any atom is 0.342 e. The fourth-order valence-corrected chi connectivity index (χ4v) is 4.04. The highest BCUT2D eigenvalue weighted by Gasteiger charge is 2.28. The van der Waals surface area contributed by atoms with Crippen LogP contribution in [0.3, 0.4) is 0 Å². The maximum atomic E-state index is 12.8. The number of hydroxylamine groups is 2. The van der Waals surface area contributed by atoms with Gasteiger partial charge in [-0.3, -0.25) is 14.8 Å². The van der Waals surface area contributed by atoms with E-state index in [1.54, 1.807) is 18.6 Å². The fraction of sp³-hybridized carbons (Fsp3) is 0.476. The van der Waals surface area contributed by atoms with Crippen LogP contribution in [-0.4, -0.2) is 59.3 Å². The summed E-state index contributed by atoms with van der Waals surface area (Å²) in [6.45, 7) is 5.76. The SMILES string of the molecule is CON(C(=O)NC(C)c1ccc(-c2cnccn2)c(C)c1Cl)C1CCN(C)CC1. The molecule has 0 aliphatic carbocycles.